The summed E-state index contributed by atoms with van der Waals surface area (Å²) in [7, 11) is 0. The molecule has 112 valence electrons. The fourth-order valence-corrected chi connectivity index (χ4v) is 2.89. The summed E-state index contributed by atoms with van der Waals surface area (Å²) in [5.74, 6) is -0.752. The lowest BCUT2D eigenvalue weighted by Gasteiger charge is -2.23. The van der Waals surface area contributed by atoms with Crippen molar-refractivity contribution in [2.24, 2.45) is 5.92 Å². The summed E-state index contributed by atoms with van der Waals surface area (Å²) in [6, 6.07) is 14.8. The van der Waals surface area contributed by atoms with E-state index in [1.807, 2.05) is 12.1 Å². The number of hydrogen-bond acceptors (Lipinski definition) is 3. The van der Waals surface area contributed by atoms with Gasteiger partial charge >= 0.3 is 0 Å². The number of benzene rings is 2. The number of imide groups is 1. The van der Waals surface area contributed by atoms with Crippen molar-refractivity contribution in [3.8, 4) is 0 Å². The predicted octanol–water partition coefficient (Wildman–Crippen LogP) is 2.33. The van der Waals surface area contributed by atoms with Gasteiger partial charge in [-0.2, -0.15) is 0 Å². The van der Waals surface area contributed by atoms with E-state index in [9.17, 15) is 9.59 Å². The van der Waals surface area contributed by atoms with Gasteiger partial charge in [0, 0.05) is 17.2 Å². The molecule has 1 aliphatic carbocycles. The predicted molar refractivity (Wildman–Crippen MR) is 85.3 cm³/mol. The highest BCUT2D eigenvalue weighted by molar-refractivity contribution is 6.05. The van der Waals surface area contributed by atoms with Crippen molar-refractivity contribution in [2.45, 2.75) is 19.3 Å². The Balaban J connectivity index is 1.67. The molecule has 22 heavy (non-hydrogen) atoms. The number of anilines is 1. The third-order valence-corrected chi connectivity index (χ3v) is 4.10. The number of carbonyl (C=O) groups excluding carboxylic acids is 2. The minimum Gasteiger partial charge on any atom is -0.399 e. The van der Waals surface area contributed by atoms with Crippen LogP contribution in [0.15, 0.2) is 48.5 Å². The Labute approximate surface area is 129 Å². The number of nitrogens with one attached hydrogen (secondary N) is 1. The van der Waals surface area contributed by atoms with Crippen molar-refractivity contribution in [1.82, 2.24) is 5.32 Å². The molecule has 2 amide bonds. The van der Waals surface area contributed by atoms with Crippen LogP contribution in [0.2, 0.25) is 0 Å². The van der Waals surface area contributed by atoms with Gasteiger partial charge in [0.2, 0.25) is 5.91 Å². The molecule has 0 fully saturated rings. The lowest BCUT2D eigenvalue weighted by Crippen LogP contribution is -2.38. The number of aryl methyl sites for hydroxylation is 1. The second-order valence-electron chi connectivity index (χ2n) is 5.65. The quantitative estimate of drug-likeness (QED) is 0.659. The number of fused-ring (bicyclic) bond motifs is 1. The number of nitrogens with two attached hydrogens (primary N) is 1. The van der Waals surface area contributed by atoms with Crippen molar-refractivity contribution < 1.29 is 9.59 Å². The normalized spacial score (nSPS) is 16.6. The minimum absolute atomic E-state index is 0.153. The van der Waals surface area contributed by atoms with Gasteiger partial charge < -0.3 is 5.73 Å². The van der Waals surface area contributed by atoms with Gasteiger partial charge in [0.1, 0.15) is 0 Å². The maximum Gasteiger partial charge on any atom is 0.257 e. The fourth-order valence-electron chi connectivity index (χ4n) is 2.89. The SMILES string of the molecule is Nc1cccc(C(=O)NC(=O)C2CCc3ccccc3C2)c1. The third-order valence-electron chi connectivity index (χ3n) is 4.10. The van der Waals surface area contributed by atoms with Crippen molar-refractivity contribution in [2.75, 3.05) is 5.73 Å². The van der Waals surface area contributed by atoms with Crippen LogP contribution in [0.1, 0.15) is 27.9 Å². The van der Waals surface area contributed by atoms with Crippen molar-refractivity contribution >= 4 is 17.5 Å². The molecule has 4 heteroatoms. The summed E-state index contributed by atoms with van der Waals surface area (Å²) in [5, 5.41) is 2.49. The van der Waals surface area contributed by atoms with Gasteiger partial charge in [-0.05, 0) is 48.6 Å². The van der Waals surface area contributed by atoms with Gasteiger partial charge in [0.25, 0.3) is 5.91 Å². The van der Waals surface area contributed by atoms with Gasteiger partial charge in [-0.1, -0.05) is 30.3 Å². The monoisotopic (exact) mass is 294 g/mol. The number of nitrogen functional groups attached to an aromatic ring is 1. The highest BCUT2D eigenvalue weighted by Crippen LogP contribution is 2.25. The summed E-state index contributed by atoms with van der Waals surface area (Å²) in [6.07, 6.45) is 2.33. The first-order chi connectivity index (χ1) is 10.6. The molecule has 0 aromatic heterocycles. The minimum atomic E-state index is -0.392. The second-order valence-corrected chi connectivity index (χ2v) is 5.65. The van der Waals surface area contributed by atoms with E-state index >= 15 is 0 Å². The molecule has 0 spiro atoms. The van der Waals surface area contributed by atoms with Crippen LogP contribution >= 0.6 is 0 Å². The van der Waals surface area contributed by atoms with Crippen LogP contribution in [0.25, 0.3) is 0 Å². The van der Waals surface area contributed by atoms with Crippen molar-refractivity contribution in [1.29, 1.82) is 0 Å². The van der Waals surface area contributed by atoms with Crippen LogP contribution in [-0.2, 0) is 17.6 Å². The summed E-state index contributed by atoms with van der Waals surface area (Å²) < 4.78 is 0. The molecule has 2 aromatic carbocycles. The summed E-state index contributed by atoms with van der Waals surface area (Å²) in [6.45, 7) is 0. The third kappa shape index (κ3) is 3.01. The molecule has 4 nitrogen and oxygen atoms in total. The Kier molecular flexibility index (Phi) is 3.92. The summed E-state index contributed by atoms with van der Waals surface area (Å²) in [5.41, 5.74) is 9.07. The molecule has 0 saturated heterocycles. The number of amides is 2. The van der Waals surface area contributed by atoms with E-state index in [0.717, 1.165) is 12.8 Å². The lowest BCUT2D eigenvalue weighted by molar-refractivity contribution is -0.124. The van der Waals surface area contributed by atoms with Crippen molar-refractivity contribution in [3.63, 3.8) is 0 Å². The van der Waals surface area contributed by atoms with E-state index in [4.69, 9.17) is 5.73 Å². The molecule has 0 radical (unpaired) electrons. The zero-order chi connectivity index (χ0) is 15.5. The largest absolute Gasteiger partial charge is 0.399 e. The Morgan fingerprint density at radius 3 is 2.59 bits per heavy atom. The summed E-state index contributed by atoms with van der Waals surface area (Å²) in [4.78, 5) is 24.4. The molecular weight excluding hydrogens is 276 g/mol. The highest BCUT2D eigenvalue weighted by Gasteiger charge is 2.25. The molecule has 1 atom stereocenters. The zero-order valence-electron chi connectivity index (χ0n) is 12.2. The summed E-state index contributed by atoms with van der Waals surface area (Å²) >= 11 is 0. The molecule has 0 aliphatic heterocycles. The van der Waals surface area contributed by atoms with Gasteiger partial charge in [0.15, 0.2) is 0 Å². The molecule has 3 N–H and O–H groups in total. The van der Waals surface area contributed by atoms with Gasteiger partial charge in [-0.25, -0.2) is 0 Å². The van der Waals surface area contributed by atoms with Gasteiger partial charge in [-0.3, -0.25) is 14.9 Å². The smallest absolute Gasteiger partial charge is 0.257 e. The van der Waals surface area contributed by atoms with E-state index in [2.05, 4.69) is 17.4 Å². The van der Waals surface area contributed by atoms with E-state index in [1.165, 1.54) is 11.1 Å². The van der Waals surface area contributed by atoms with E-state index in [-0.39, 0.29) is 11.8 Å². The van der Waals surface area contributed by atoms with E-state index in [1.54, 1.807) is 24.3 Å². The zero-order valence-corrected chi connectivity index (χ0v) is 12.2. The van der Waals surface area contributed by atoms with Crippen LogP contribution in [0.3, 0.4) is 0 Å². The maximum atomic E-state index is 12.3. The molecule has 0 bridgehead atoms. The molecular formula is C18H18N2O2. The molecule has 1 aliphatic rings. The first-order valence-electron chi connectivity index (χ1n) is 7.41. The number of rotatable bonds is 2. The highest BCUT2D eigenvalue weighted by atomic mass is 16.2. The van der Waals surface area contributed by atoms with Crippen LogP contribution in [-0.4, -0.2) is 11.8 Å². The molecule has 3 rings (SSSR count). The Bertz CT molecular complexity index is 725. The maximum absolute atomic E-state index is 12.3. The van der Waals surface area contributed by atoms with Crippen LogP contribution < -0.4 is 11.1 Å². The van der Waals surface area contributed by atoms with Crippen LogP contribution in [0, 0.1) is 5.92 Å². The van der Waals surface area contributed by atoms with Gasteiger partial charge in [0.05, 0.1) is 0 Å². The van der Waals surface area contributed by atoms with E-state index in [0.29, 0.717) is 17.7 Å². The first kappa shape index (κ1) is 14.3. The number of carbonyl (C=O) groups is 2. The lowest BCUT2D eigenvalue weighted by atomic mass is 9.83. The molecule has 0 heterocycles. The Morgan fingerprint density at radius 2 is 1.82 bits per heavy atom. The molecule has 2 aromatic rings. The second kappa shape index (κ2) is 6.02. The first-order valence-corrected chi connectivity index (χ1v) is 7.41. The fraction of sp³-hybridized carbons (Fsp3) is 0.222. The Morgan fingerprint density at radius 1 is 1.05 bits per heavy atom. The van der Waals surface area contributed by atoms with E-state index < -0.39 is 5.91 Å². The average Bonchev–Trinajstić information content (AvgIpc) is 2.54. The average molecular weight is 294 g/mol. The van der Waals surface area contributed by atoms with Crippen LogP contribution in [0.4, 0.5) is 5.69 Å². The molecule has 1 unspecified atom stereocenters. The topological polar surface area (TPSA) is 72.2 Å². The number of hydrogen-bond donors (Lipinski definition) is 2. The standard InChI is InChI=1S/C18H18N2O2/c19-16-7-3-6-14(11-16)17(21)20-18(22)15-9-8-12-4-1-2-5-13(12)10-15/h1-7,11,15H,8-10,19H2,(H,20,21,22). The van der Waals surface area contributed by atoms with Gasteiger partial charge in [-0.15, -0.1) is 0 Å². The van der Waals surface area contributed by atoms with Crippen molar-refractivity contribution in [3.05, 3.63) is 65.2 Å². The molecule has 0 saturated carbocycles. The Hall–Kier alpha value is -2.62. The van der Waals surface area contributed by atoms with Crippen LogP contribution in [0.5, 0.6) is 0 Å².